The summed E-state index contributed by atoms with van der Waals surface area (Å²) in [5.74, 6) is -0.0856. The number of aryl methyl sites for hydroxylation is 1. The number of rotatable bonds is 6. The third-order valence-corrected chi connectivity index (χ3v) is 3.76. The number of carbonyl (C=O) groups excluding carboxylic acids is 1. The van der Waals surface area contributed by atoms with Crippen LogP contribution in [0.25, 0.3) is 0 Å². The molecule has 1 unspecified atom stereocenters. The van der Waals surface area contributed by atoms with Gasteiger partial charge in [0.1, 0.15) is 5.69 Å². The minimum absolute atomic E-state index is 0.0521. The van der Waals surface area contributed by atoms with Crippen LogP contribution in [-0.2, 0) is 6.54 Å². The Morgan fingerprint density at radius 3 is 2.65 bits per heavy atom. The maximum Gasteiger partial charge on any atom is 0.268 e. The van der Waals surface area contributed by atoms with E-state index in [0.717, 1.165) is 17.4 Å². The SMILES string of the molecule is CCCn1cc(Br)cc1C(=O)NC(CCO)C(C)(C)C. The summed E-state index contributed by atoms with van der Waals surface area (Å²) < 4.78 is 2.86. The zero-order valence-corrected chi connectivity index (χ0v) is 14.3. The van der Waals surface area contributed by atoms with Crippen LogP contribution >= 0.6 is 15.9 Å². The minimum Gasteiger partial charge on any atom is -0.396 e. The highest BCUT2D eigenvalue weighted by Gasteiger charge is 2.27. The summed E-state index contributed by atoms with van der Waals surface area (Å²) in [5, 5.41) is 12.2. The summed E-state index contributed by atoms with van der Waals surface area (Å²) in [4.78, 5) is 12.5. The van der Waals surface area contributed by atoms with Gasteiger partial charge in [0.2, 0.25) is 0 Å². The third-order valence-electron chi connectivity index (χ3n) is 3.33. The van der Waals surface area contributed by atoms with E-state index in [1.807, 2.05) is 16.8 Å². The highest BCUT2D eigenvalue weighted by atomic mass is 79.9. The first-order chi connectivity index (χ1) is 9.29. The smallest absolute Gasteiger partial charge is 0.268 e. The standard InChI is InChI=1S/C15H25BrN2O2/c1-5-7-18-10-11(16)9-12(18)14(20)17-13(6-8-19)15(2,3)4/h9-10,13,19H,5-8H2,1-4H3,(H,17,20). The van der Waals surface area contributed by atoms with E-state index in [9.17, 15) is 4.79 Å². The summed E-state index contributed by atoms with van der Waals surface area (Å²) in [6.45, 7) is 9.16. The van der Waals surface area contributed by atoms with Gasteiger partial charge in [-0.3, -0.25) is 4.79 Å². The summed E-state index contributed by atoms with van der Waals surface area (Å²) in [5.41, 5.74) is 0.573. The number of aromatic nitrogens is 1. The van der Waals surface area contributed by atoms with Crippen molar-refractivity contribution >= 4 is 21.8 Å². The van der Waals surface area contributed by atoms with E-state index in [0.29, 0.717) is 12.1 Å². The van der Waals surface area contributed by atoms with E-state index in [4.69, 9.17) is 5.11 Å². The Kier molecular flexibility index (Phi) is 6.27. The van der Waals surface area contributed by atoms with Gasteiger partial charge in [-0.25, -0.2) is 0 Å². The van der Waals surface area contributed by atoms with Gasteiger partial charge in [-0.2, -0.15) is 0 Å². The second kappa shape index (κ2) is 7.27. The summed E-state index contributed by atoms with van der Waals surface area (Å²) in [6, 6.07) is 1.78. The number of amides is 1. The minimum atomic E-state index is -0.0856. The molecule has 4 nitrogen and oxygen atoms in total. The molecule has 1 aromatic heterocycles. The predicted octanol–water partition coefficient (Wildman–Crippen LogP) is 3.19. The molecule has 1 amide bonds. The van der Waals surface area contributed by atoms with Crippen LogP contribution in [0.3, 0.4) is 0 Å². The molecule has 0 saturated heterocycles. The summed E-state index contributed by atoms with van der Waals surface area (Å²) in [7, 11) is 0. The lowest BCUT2D eigenvalue weighted by molar-refractivity contribution is 0.0875. The maximum absolute atomic E-state index is 12.5. The van der Waals surface area contributed by atoms with Gasteiger partial charge in [-0.15, -0.1) is 0 Å². The number of halogens is 1. The molecular weight excluding hydrogens is 320 g/mol. The molecule has 0 fully saturated rings. The molecule has 1 atom stereocenters. The normalized spacial score (nSPS) is 13.3. The van der Waals surface area contributed by atoms with Crippen molar-refractivity contribution in [1.82, 2.24) is 9.88 Å². The maximum atomic E-state index is 12.5. The first-order valence-electron chi connectivity index (χ1n) is 7.07. The molecule has 0 aliphatic carbocycles. The number of hydrogen-bond donors (Lipinski definition) is 2. The monoisotopic (exact) mass is 344 g/mol. The number of aliphatic hydroxyl groups excluding tert-OH is 1. The Balaban J connectivity index is 2.88. The van der Waals surface area contributed by atoms with Crippen LogP contribution in [0.5, 0.6) is 0 Å². The van der Waals surface area contributed by atoms with Gasteiger partial charge in [0.15, 0.2) is 0 Å². The molecule has 0 aliphatic rings. The Morgan fingerprint density at radius 1 is 1.50 bits per heavy atom. The van der Waals surface area contributed by atoms with Crippen LogP contribution in [0.2, 0.25) is 0 Å². The zero-order valence-electron chi connectivity index (χ0n) is 12.7. The second-order valence-corrected chi connectivity index (χ2v) is 7.06. The van der Waals surface area contributed by atoms with Crippen LogP contribution in [-0.4, -0.2) is 28.2 Å². The molecule has 20 heavy (non-hydrogen) atoms. The zero-order chi connectivity index (χ0) is 15.3. The van der Waals surface area contributed by atoms with Gasteiger partial charge >= 0.3 is 0 Å². The molecule has 114 valence electrons. The van der Waals surface area contributed by atoms with E-state index in [2.05, 4.69) is 48.9 Å². The van der Waals surface area contributed by atoms with Crippen LogP contribution < -0.4 is 5.32 Å². The second-order valence-electron chi connectivity index (χ2n) is 6.14. The molecule has 0 radical (unpaired) electrons. The van der Waals surface area contributed by atoms with Crippen LogP contribution in [0.1, 0.15) is 51.0 Å². The van der Waals surface area contributed by atoms with Crippen LogP contribution in [0, 0.1) is 5.41 Å². The molecule has 0 aromatic carbocycles. The first-order valence-corrected chi connectivity index (χ1v) is 7.86. The van der Waals surface area contributed by atoms with E-state index >= 15 is 0 Å². The summed E-state index contributed by atoms with van der Waals surface area (Å²) >= 11 is 3.42. The fourth-order valence-corrected chi connectivity index (χ4v) is 2.64. The highest BCUT2D eigenvalue weighted by Crippen LogP contribution is 2.23. The van der Waals surface area contributed by atoms with E-state index in [-0.39, 0.29) is 24.0 Å². The third kappa shape index (κ3) is 4.63. The lowest BCUT2D eigenvalue weighted by Gasteiger charge is -2.31. The van der Waals surface area contributed by atoms with Crippen molar-refractivity contribution in [2.24, 2.45) is 5.41 Å². The number of carbonyl (C=O) groups is 1. The van der Waals surface area contributed by atoms with Gasteiger partial charge in [0.25, 0.3) is 5.91 Å². The Morgan fingerprint density at radius 2 is 2.15 bits per heavy atom. The quantitative estimate of drug-likeness (QED) is 0.832. The van der Waals surface area contributed by atoms with Crippen molar-refractivity contribution in [3.63, 3.8) is 0 Å². The number of aliphatic hydroxyl groups is 1. The lowest BCUT2D eigenvalue weighted by Crippen LogP contribution is -2.44. The van der Waals surface area contributed by atoms with Gasteiger partial charge in [-0.1, -0.05) is 27.7 Å². The van der Waals surface area contributed by atoms with Crippen molar-refractivity contribution in [3.8, 4) is 0 Å². The fourth-order valence-electron chi connectivity index (χ4n) is 2.17. The number of hydrogen-bond acceptors (Lipinski definition) is 2. The molecule has 0 spiro atoms. The Labute approximate surface area is 129 Å². The van der Waals surface area contributed by atoms with Gasteiger partial charge < -0.3 is 15.0 Å². The Hall–Kier alpha value is -0.810. The van der Waals surface area contributed by atoms with Crippen LogP contribution in [0.4, 0.5) is 0 Å². The van der Waals surface area contributed by atoms with Gasteiger partial charge in [0.05, 0.1) is 0 Å². The van der Waals surface area contributed by atoms with Crippen molar-refractivity contribution in [3.05, 3.63) is 22.4 Å². The number of nitrogens with one attached hydrogen (secondary N) is 1. The average molecular weight is 345 g/mol. The molecule has 0 saturated carbocycles. The average Bonchev–Trinajstić information content (AvgIpc) is 2.69. The molecule has 2 N–H and O–H groups in total. The molecule has 0 aliphatic heterocycles. The number of nitrogens with zero attached hydrogens (tertiary/aromatic N) is 1. The van der Waals surface area contributed by atoms with E-state index < -0.39 is 0 Å². The van der Waals surface area contributed by atoms with E-state index in [1.165, 1.54) is 0 Å². The van der Waals surface area contributed by atoms with Crippen molar-refractivity contribution < 1.29 is 9.90 Å². The largest absolute Gasteiger partial charge is 0.396 e. The molecular formula is C15H25BrN2O2. The van der Waals surface area contributed by atoms with Crippen molar-refractivity contribution in [2.75, 3.05) is 6.61 Å². The molecule has 1 rings (SSSR count). The Bertz CT molecular complexity index is 449. The predicted molar refractivity (Wildman–Crippen MR) is 84.8 cm³/mol. The molecule has 1 aromatic rings. The summed E-state index contributed by atoms with van der Waals surface area (Å²) in [6.07, 6.45) is 3.46. The fraction of sp³-hybridized carbons (Fsp3) is 0.667. The van der Waals surface area contributed by atoms with Crippen molar-refractivity contribution in [2.45, 2.75) is 53.1 Å². The van der Waals surface area contributed by atoms with E-state index in [1.54, 1.807) is 0 Å². The van der Waals surface area contributed by atoms with Gasteiger partial charge in [-0.05, 0) is 40.3 Å². The highest BCUT2D eigenvalue weighted by molar-refractivity contribution is 9.10. The van der Waals surface area contributed by atoms with Crippen molar-refractivity contribution in [1.29, 1.82) is 0 Å². The molecule has 0 bridgehead atoms. The lowest BCUT2D eigenvalue weighted by atomic mass is 9.85. The van der Waals surface area contributed by atoms with Gasteiger partial charge in [0, 0.05) is 29.9 Å². The topological polar surface area (TPSA) is 54.3 Å². The first kappa shape index (κ1) is 17.2. The molecule has 5 heteroatoms. The molecule has 1 heterocycles. The van der Waals surface area contributed by atoms with Crippen LogP contribution in [0.15, 0.2) is 16.7 Å².